The molecule has 334 valence electrons. The molecular weight excluding hydrogens is 826 g/mol. The first-order chi connectivity index (χ1) is 32.2. The van der Waals surface area contributed by atoms with Gasteiger partial charge >= 0.3 is 0 Å². The SMILES string of the molecule is CC(C)(C)c1ccc2c(c1)c1cc(C(C)(C)C)cc3c1n2-c1cc(-c2ccc4c(c2)oc2c(-c5ccccn5)cccc24)cc2c1B3c1cc(C(C)(C)C)cc3c4cc(C(C)(C)C)ccc4n-2c13. The predicted octanol–water partition coefficient (Wildman–Crippen LogP) is 14.8. The number of furan rings is 1. The molecule has 0 saturated heterocycles. The molecule has 0 aliphatic carbocycles. The zero-order valence-corrected chi connectivity index (χ0v) is 41.5. The summed E-state index contributed by atoms with van der Waals surface area (Å²) >= 11 is 0. The quantitative estimate of drug-likeness (QED) is 0.162. The second-order valence-electron chi connectivity index (χ2n) is 24.1. The summed E-state index contributed by atoms with van der Waals surface area (Å²) in [7, 11) is 0. The molecule has 0 unspecified atom stereocenters. The minimum Gasteiger partial charge on any atom is -0.455 e. The van der Waals surface area contributed by atoms with Crippen LogP contribution in [0.15, 0.2) is 138 Å². The van der Waals surface area contributed by atoms with Crippen molar-refractivity contribution in [2.45, 2.75) is 105 Å². The van der Waals surface area contributed by atoms with Crippen LogP contribution in [-0.2, 0) is 21.7 Å². The molecule has 0 saturated carbocycles. The van der Waals surface area contributed by atoms with Crippen LogP contribution in [-0.4, -0.2) is 20.8 Å². The molecule has 0 amide bonds. The van der Waals surface area contributed by atoms with Crippen LogP contribution in [0.2, 0.25) is 0 Å². The number of pyridine rings is 1. The van der Waals surface area contributed by atoms with E-state index in [4.69, 9.17) is 9.40 Å². The van der Waals surface area contributed by atoms with E-state index in [1.807, 2.05) is 18.3 Å². The topological polar surface area (TPSA) is 35.9 Å². The third-order valence-corrected chi connectivity index (χ3v) is 15.5. The summed E-state index contributed by atoms with van der Waals surface area (Å²) in [5.74, 6) is 0. The molecule has 7 aromatic carbocycles. The summed E-state index contributed by atoms with van der Waals surface area (Å²) in [5.41, 5.74) is 23.1. The summed E-state index contributed by atoms with van der Waals surface area (Å²) in [5, 5.41) is 7.51. The van der Waals surface area contributed by atoms with E-state index < -0.39 is 0 Å². The second kappa shape index (κ2) is 13.4. The summed E-state index contributed by atoms with van der Waals surface area (Å²) in [6.07, 6.45) is 1.85. The van der Waals surface area contributed by atoms with Gasteiger partial charge in [-0.2, -0.15) is 0 Å². The average molecular weight is 884 g/mol. The fourth-order valence-electron chi connectivity index (χ4n) is 11.7. The van der Waals surface area contributed by atoms with Crippen molar-refractivity contribution in [3.63, 3.8) is 0 Å². The van der Waals surface area contributed by atoms with Crippen LogP contribution in [0, 0.1) is 0 Å². The lowest BCUT2D eigenvalue weighted by molar-refractivity contribution is 0.590. The van der Waals surface area contributed by atoms with E-state index in [1.54, 1.807) is 0 Å². The summed E-state index contributed by atoms with van der Waals surface area (Å²) in [4.78, 5) is 4.71. The Labute approximate surface area is 399 Å². The molecule has 5 heteroatoms. The van der Waals surface area contributed by atoms with Crippen molar-refractivity contribution in [1.82, 2.24) is 14.1 Å². The van der Waals surface area contributed by atoms with Gasteiger partial charge in [0.15, 0.2) is 0 Å². The van der Waals surface area contributed by atoms with Gasteiger partial charge in [-0.1, -0.05) is 132 Å². The van der Waals surface area contributed by atoms with Crippen molar-refractivity contribution >= 4 is 88.7 Å². The highest BCUT2D eigenvalue weighted by molar-refractivity contribution is 7.00. The standard InChI is InChI=1S/C63H58BN3O/c1-60(2,3)37-20-23-51-44(29-37)46-31-39(62(7,8)9)33-48-57(46)66(51)53-26-36(35-19-22-41-42-16-15-17-43(50-18-13-14-25-65-50)59(42)68-55(41)28-35)27-54-56(53)64(48)49-34-40(63(10,11)12)32-47-45-30-38(61(4,5)6)21-24-52(45)67(54)58(47)49/h13-34H,1-12H3. The van der Waals surface area contributed by atoms with Crippen LogP contribution in [0.25, 0.3) is 99.3 Å². The first-order valence-corrected chi connectivity index (χ1v) is 24.6. The molecule has 13 rings (SSSR count). The minimum absolute atomic E-state index is 0.00107. The van der Waals surface area contributed by atoms with Crippen molar-refractivity contribution in [1.29, 1.82) is 0 Å². The number of hydrogen-bond acceptors (Lipinski definition) is 2. The zero-order chi connectivity index (χ0) is 47.1. The highest BCUT2D eigenvalue weighted by Gasteiger charge is 2.43. The molecule has 0 fully saturated rings. The number of nitrogens with zero attached hydrogens (tertiary/aromatic N) is 3. The van der Waals surface area contributed by atoms with Gasteiger partial charge in [0.2, 0.25) is 0 Å². The average Bonchev–Trinajstić information content (AvgIpc) is 3.95. The highest BCUT2D eigenvalue weighted by Crippen LogP contribution is 2.45. The highest BCUT2D eigenvalue weighted by atomic mass is 16.3. The van der Waals surface area contributed by atoms with E-state index in [-0.39, 0.29) is 28.4 Å². The van der Waals surface area contributed by atoms with Crippen LogP contribution in [0.1, 0.15) is 105 Å². The first-order valence-electron chi connectivity index (χ1n) is 24.6. The lowest BCUT2D eigenvalue weighted by atomic mass is 9.34. The van der Waals surface area contributed by atoms with Crippen LogP contribution in [0.3, 0.4) is 0 Å². The zero-order valence-electron chi connectivity index (χ0n) is 41.5. The molecule has 0 radical (unpaired) electrons. The van der Waals surface area contributed by atoms with E-state index in [0.29, 0.717) is 0 Å². The molecule has 68 heavy (non-hydrogen) atoms. The molecule has 0 spiro atoms. The monoisotopic (exact) mass is 883 g/mol. The van der Waals surface area contributed by atoms with Crippen molar-refractivity contribution in [2.24, 2.45) is 0 Å². The van der Waals surface area contributed by atoms with Crippen molar-refractivity contribution in [3.8, 4) is 33.8 Å². The normalized spacial score (nSPS) is 13.9. The largest absolute Gasteiger partial charge is 0.455 e. The number of hydrogen-bond donors (Lipinski definition) is 0. The van der Waals surface area contributed by atoms with Gasteiger partial charge in [-0.3, -0.25) is 4.98 Å². The second-order valence-corrected chi connectivity index (χ2v) is 24.1. The van der Waals surface area contributed by atoms with Crippen molar-refractivity contribution in [2.75, 3.05) is 0 Å². The smallest absolute Gasteiger partial charge is 0.252 e. The minimum atomic E-state index is -0.0586. The Morgan fingerprint density at radius 2 is 0.985 bits per heavy atom. The Morgan fingerprint density at radius 3 is 1.50 bits per heavy atom. The molecular formula is C63H58BN3O. The third kappa shape index (κ3) is 5.77. The fraction of sp³-hybridized carbons (Fsp3) is 0.254. The van der Waals surface area contributed by atoms with Gasteiger partial charge in [0.1, 0.15) is 11.2 Å². The molecule has 4 aromatic heterocycles. The molecule has 0 bridgehead atoms. The number of rotatable bonds is 2. The molecule has 11 aromatic rings. The first kappa shape index (κ1) is 41.4. The number of aromatic nitrogens is 3. The Bertz CT molecular complexity index is 3820. The Kier molecular flexibility index (Phi) is 8.17. The molecule has 0 N–H and O–H groups in total. The maximum absolute atomic E-state index is 6.88. The molecule has 2 aliphatic rings. The maximum atomic E-state index is 6.88. The van der Waals surface area contributed by atoms with Crippen LogP contribution < -0.4 is 16.4 Å². The van der Waals surface area contributed by atoms with Crippen LogP contribution >= 0.6 is 0 Å². The molecule has 0 atom stereocenters. The Morgan fingerprint density at radius 1 is 0.441 bits per heavy atom. The molecule has 2 aliphatic heterocycles. The fourth-order valence-corrected chi connectivity index (χ4v) is 11.7. The third-order valence-electron chi connectivity index (χ3n) is 15.5. The van der Waals surface area contributed by atoms with E-state index >= 15 is 0 Å². The summed E-state index contributed by atoms with van der Waals surface area (Å²) in [6.45, 7) is 28.2. The van der Waals surface area contributed by atoms with Crippen LogP contribution in [0.5, 0.6) is 0 Å². The van der Waals surface area contributed by atoms with Gasteiger partial charge in [-0.15, -0.1) is 0 Å². The molecule has 6 heterocycles. The van der Waals surface area contributed by atoms with Gasteiger partial charge in [0, 0.05) is 66.5 Å². The van der Waals surface area contributed by atoms with Crippen molar-refractivity contribution in [3.05, 3.63) is 156 Å². The van der Waals surface area contributed by atoms with Crippen LogP contribution in [0.4, 0.5) is 0 Å². The number of para-hydroxylation sites is 1. The Balaban J connectivity index is 1.18. The van der Waals surface area contributed by atoms with E-state index in [1.165, 1.54) is 93.6 Å². The van der Waals surface area contributed by atoms with Gasteiger partial charge in [-0.25, -0.2) is 0 Å². The van der Waals surface area contributed by atoms with Gasteiger partial charge in [0.05, 0.1) is 16.7 Å². The van der Waals surface area contributed by atoms with E-state index in [0.717, 1.165) is 44.3 Å². The lowest BCUT2D eigenvalue weighted by Crippen LogP contribution is -2.59. The van der Waals surface area contributed by atoms with E-state index in [2.05, 4.69) is 207 Å². The number of benzene rings is 7. The summed E-state index contributed by atoms with van der Waals surface area (Å²) < 4.78 is 12.1. The van der Waals surface area contributed by atoms with Gasteiger partial charge in [0.25, 0.3) is 6.71 Å². The van der Waals surface area contributed by atoms with Gasteiger partial charge < -0.3 is 13.6 Å². The summed E-state index contributed by atoms with van der Waals surface area (Å²) in [6, 6.07) is 49.0. The molecule has 4 nitrogen and oxygen atoms in total. The maximum Gasteiger partial charge on any atom is 0.252 e. The van der Waals surface area contributed by atoms with Crippen molar-refractivity contribution < 1.29 is 4.42 Å². The van der Waals surface area contributed by atoms with E-state index in [9.17, 15) is 0 Å². The predicted molar refractivity (Wildman–Crippen MR) is 291 cm³/mol. The van der Waals surface area contributed by atoms with Gasteiger partial charge in [-0.05, 0) is 150 Å². The lowest BCUT2D eigenvalue weighted by Gasteiger charge is -2.36. The number of fused-ring (bicyclic) bond motifs is 13. The Hall–Kier alpha value is -6.85.